The number of benzene rings is 2. The lowest BCUT2D eigenvalue weighted by Gasteiger charge is -2.13. The molecule has 0 aliphatic carbocycles. The first-order valence-corrected chi connectivity index (χ1v) is 7.42. The molecule has 21 heavy (non-hydrogen) atoms. The third-order valence-corrected chi connectivity index (χ3v) is 3.67. The Morgan fingerprint density at radius 3 is 2.86 bits per heavy atom. The van der Waals surface area contributed by atoms with Crippen LogP contribution in [0.3, 0.4) is 0 Å². The molecule has 0 fully saturated rings. The maximum absolute atomic E-state index is 13.6. The van der Waals surface area contributed by atoms with Crippen molar-refractivity contribution < 1.29 is 9.13 Å². The van der Waals surface area contributed by atoms with Gasteiger partial charge in [-0.1, -0.05) is 30.9 Å². The van der Waals surface area contributed by atoms with Crippen LogP contribution in [0.25, 0.3) is 0 Å². The second kappa shape index (κ2) is 7.27. The van der Waals surface area contributed by atoms with Gasteiger partial charge >= 0.3 is 0 Å². The molecule has 0 aliphatic heterocycles. The van der Waals surface area contributed by atoms with Crippen LogP contribution < -0.4 is 10.1 Å². The molecule has 110 valence electrons. The van der Waals surface area contributed by atoms with Gasteiger partial charge < -0.3 is 10.1 Å². The van der Waals surface area contributed by atoms with Crippen molar-refractivity contribution in [2.24, 2.45) is 0 Å². The Morgan fingerprint density at radius 1 is 1.33 bits per heavy atom. The molecule has 0 amide bonds. The number of para-hydroxylation sites is 1. The largest absolute Gasteiger partial charge is 0.489 e. The second-order valence-electron chi connectivity index (χ2n) is 4.64. The molecule has 0 atom stereocenters. The van der Waals surface area contributed by atoms with E-state index in [-0.39, 0.29) is 5.82 Å². The van der Waals surface area contributed by atoms with Crippen LogP contribution in [-0.4, -0.2) is 6.61 Å². The average molecular weight is 350 g/mol. The van der Waals surface area contributed by atoms with Gasteiger partial charge in [0.05, 0.1) is 4.47 Å². The summed E-state index contributed by atoms with van der Waals surface area (Å²) in [6, 6.07) is 11.0. The van der Waals surface area contributed by atoms with E-state index >= 15 is 0 Å². The summed E-state index contributed by atoms with van der Waals surface area (Å²) < 4.78 is 19.7. The summed E-state index contributed by atoms with van der Waals surface area (Å²) in [4.78, 5) is 0. The van der Waals surface area contributed by atoms with Crippen molar-refractivity contribution in [2.45, 2.75) is 13.5 Å². The van der Waals surface area contributed by atoms with E-state index in [4.69, 9.17) is 4.74 Å². The van der Waals surface area contributed by atoms with Gasteiger partial charge in [0.15, 0.2) is 0 Å². The van der Waals surface area contributed by atoms with E-state index in [1.54, 1.807) is 12.1 Å². The summed E-state index contributed by atoms with van der Waals surface area (Å²) in [5.74, 6) is 0.527. The van der Waals surface area contributed by atoms with Crippen molar-refractivity contribution in [3.63, 3.8) is 0 Å². The molecule has 2 aromatic carbocycles. The Bertz CT molecular complexity index is 643. The predicted molar refractivity (Wildman–Crippen MR) is 88.3 cm³/mol. The van der Waals surface area contributed by atoms with Gasteiger partial charge in [-0.15, -0.1) is 0 Å². The van der Waals surface area contributed by atoms with E-state index in [0.29, 0.717) is 17.6 Å². The number of nitrogens with one attached hydrogen (secondary N) is 1. The quantitative estimate of drug-likeness (QED) is 0.734. The Balaban J connectivity index is 2.13. The molecule has 0 aromatic heterocycles. The Morgan fingerprint density at radius 2 is 2.10 bits per heavy atom. The minimum Gasteiger partial charge on any atom is -0.489 e. The normalized spacial score (nSPS) is 10.2. The fourth-order valence-electron chi connectivity index (χ4n) is 1.97. The van der Waals surface area contributed by atoms with E-state index in [9.17, 15) is 4.39 Å². The van der Waals surface area contributed by atoms with Crippen LogP contribution in [0.15, 0.2) is 53.5 Å². The summed E-state index contributed by atoms with van der Waals surface area (Å²) in [5, 5.41) is 3.25. The van der Waals surface area contributed by atoms with Gasteiger partial charge in [0.25, 0.3) is 0 Å². The SMILES string of the molecule is C=CCOc1ccccc1CNc1cc(F)c(Br)cc1C. The third-order valence-electron chi connectivity index (χ3n) is 3.07. The van der Waals surface area contributed by atoms with Crippen LogP contribution in [0, 0.1) is 12.7 Å². The summed E-state index contributed by atoms with van der Waals surface area (Å²) >= 11 is 3.18. The first-order valence-electron chi connectivity index (χ1n) is 6.63. The summed E-state index contributed by atoms with van der Waals surface area (Å²) in [6.07, 6.45) is 1.71. The van der Waals surface area contributed by atoms with E-state index in [1.165, 1.54) is 6.07 Å². The highest BCUT2D eigenvalue weighted by atomic mass is 79.9. The van der Waals surface area contributed by atoms with Crippen LogP contribution >= 0.6 is 15.9 Å². The predicted octanol–water partition coefficient (Wildman–Crippen LogP) is 5.07. The van der Waals surface area contributed by atoms with Gasteiger partial charge in [-0.2, -0.15) is 0 Å². The lowest BCUT2D eigenvalue weighted by molar-refractivity contribution is 0.359. The molecule has 0 unspecified atom stereocenters. The molecule has 0 radical (unpaired) electrons. The van der Waals surface area contributed by atoms with E-state index < -0.39 is 0 Å². The van der Waals surface area contributed by atoms with Gasteiger partial charge in [-0.25, -0.2) is 4.39 Å². The molecule has 0 saturated heterocycles. The van der Waals surface area contributed by atoms with E-state index in [2.05, 4.69) is 27.8 Å². The summed E-state index contributed by atoms with van der Waals surface area (Å²) in [6.45, 7) is 6.60. The third kappa shape index (κ3) is 4.08. The molecule has 2 aromatic rings. The van der Waals surface area contributed by atoms with Crippen molar-refractivity contribution in [3.05, 3.63) is 70.5 Å². The van der Waals surface area contributed by atoms with Gasteiger partial charge in [0.2, 0.25) is 0 Å². The van der Waals surface area contributed by atoms with E-state index in [0.717, 1.165) is 22.6 Å². The fourth-order valence-corrected chi connectivity index (χ4v) is 2.42. The number of aryl methyl sites for hydroxylation is 1. The summed E-state index contributed by atoms with van der Waals surface area (Å²) in [5.41, 5.74) is 2.77. The van der Waals surface area contributed by atoms with Crippen LogP contribution in [-0.2, 0) is 6.54 Å². The summed E-state index contributed by atoms with van der Waals surface area (Å²) in [7, 11) is 0. The fraction of sp³-hybridized carbons (Fsp3) is 0.176. The van der Waals surface area contributed by atoms with Crippen LogP contribution in [0.2, 0.25) is 0 Å². The molecule has 4 heteroatoms. The highest BCUT2D eigenvalue weighted by Gasteiger charge is 2.07. The molecule has 2 nitrogen and oxygen atoms in total. The lowest BCUT2D eigenvalue weighted by atomic mass is 10.1. The van der Waals surface area contributed by atoms with Crippen molar-refractivity contribution in [1.29, 1.82) is 0 Å². The Labute approximate surface area is 132 Å². The Hall–Kier alpha value is -1.81. The van der Waals surface area contributed by atoms with E-state index in [1.807, 2.05) is 31.2 Å². The van der Waals surface area contributed by atoms with Gasteiger partial charge in [-0.05, 0) is 46.6 Å². The average Bonchev–Trinajstić information content (AvgIpc) is 2.48. The maximum atomic E-state index is 13.6. The van der Waals surface area contributed by atoms with Crippen molar-refractivity contribution in [1.82, 2.24) is 0 Å². The van der Waals surface area contributed by atoms with Crippen LogP contribution in [0.5, 0.6) is 5.75 Å². The zero-order valence-corrected chi connectivity index (χ0v) is 13.4. The van der Waals surface area contributed by atoms with Crippen molar-refractivity contribution in [3.8, 4) is 5.75 Å². The molecular formula is C17H17BrFNO. The first kappa shape index (κ1) is 15.6. The molecule has 0 heterocycles. The van der Waals surface area contributed by atoms with Crippen molar-refractivity contribution in [2.75, 3.05) is 11.9 Å². The Kier molecular flexibility index (Phi) is 5.39. The zero-order valence-electron chi connectivity index (χ0n) is 11.8. The number of hydrogen-bond donors (Lipinski definition) is 1. The van der Waals surface area contributed by atoms with Gasteiger partial charge in [-0.3, -0.25) is 0 Å². The molecule has 0 bridgehead atoms. The first-order chi connectivity index (χ1) is 10.1. The van der Waals surface area contributed by atoms with Crippen LogP contribution in [0.4, 0.5) is 10.1 Å². The minimum absolute atomic E-state index is 0.278. The topological polar surface area (TPSA) is 21.3 Å². The maximum Gasteiger partial charge on any atom is 0.139 e. The van der Waals surface area contributed by atoms with Crippen molar-refractivity contribution >= 4 is 21.6 Å². The molecule has 0 aliphatic rings. The standard InChI is InChI=1S/C17H17BrFNO/c1-3-8-21-17-7-5-4-6-13(17)11-20-16-10-15(19)14(18)9-12(16)2/h3-7,9-10,20H,1,8,11H2,2H3. The number of rotatable bonds is 6. The van der Waals surface area contributed by atoms with Gasteiger partial charge in [0, 0.05) is 17.8 Å². The van der Waals surface area contributed by atoms with Crippen LogP contribution in [0.1, 0.15) is 11.1 Å². The molecule has 0 spiro atoms. The smallest absolute Gasteiger partial charge is 0.139 e. The lowest BCUT2D eigenvalue weighted by Crippen LogP contribution is -2.04. The van der Waals surface area contributed by atoms with Gasteiger partial charge in [0.1, 0.15) is 18.2 Å². The highest BCUT2D eigenvalue weighted by Crippen LogP contribution is 2.25. The highest BCUT2D eigenvalue weighted by molar-refractivity contribution is 9.10. The number of anilines is 1. The number of hydrogen-bond acceptors (Lipinski definition) is 2. The number of ether oxygens (including phenoxy) is 1. The molecule has 1 N–H and O–H groups in total. The zero-order chi connectivity index (χ0) is 15.2. The minimum atomic E-state index is -0.278. The molecule has 2 rings (SSSR count). The number of halogens is 2. The molecular weight excluding hydrogens is 333 g/mol. The second-order valence-corrected chi connectivity index (χ2v) is 5.50. The monoisotopic (exact) mass is 349 g/mol. The molecule has 0 saturated carbocycles.